The van der Waals surface area contributed by atoms with Crippen molar-refractivity contribution >= 4 is 17.4 Å². The Labute approximate surface area is 182 Å². The Hall–Kier alpha value is -3.41. The third-order valence-electron chi connectivity index (χ3n) is 4.96. The predicted molar refractivity (Wildman–Crippen MR) is 122 cm³/mol. The fourth-order valence-corrected chi connectivity index (χ4v) is 3.42. The second kappa shape index (κ2) is 10.6. The molecule has 0 unspecified atom stereocenters. The first-order valence-electron chi connectivity index (χ1n) is 10.6. The van der Waals surface area contributed by atoms with Crippen LogP contribution in [0.25, 0.3) is 0 Å². The number of amides is 1. The smallest absolute Gasteiger partial charge is 0.258 e. The number of anilines is 2. The van der Waals surface area contributed by atoms with Crippen LogP contribution in [0.5, 0.6) is 5.75 Å². The Morgan fingerprint density at radius 2 is 1.58 bits per heavy atom. The van der Waals surface area contributed by atoms with Gasteiger partial charge in [-0.15, -0.1) is 0 Å². The highest BCUT2D eigenvalue weighted by molar-refractivity contribution is 6.06. The monoisotopic (exact) mass is 421 g/mol. The average Bonchev–Trinajstić information content (AvgIpc) is 2.78. The molecule has 0 saturated heterocycles. The van der Waals surface area contributed by atoms with Crippen LogP contribution in [0.2, 0.25) is 0 Å². The molecule has 5 nitrogen and oxygen atoms in total. The molecule has 2 aromatic carbocycles. The highest BCUT2D eigenvalue weighted by Crippen LogP contribution is 2.22. The van der Waals surface area contributed by atoms with Gasteiger partial charge in [0.15, 0.2) is 0 Å². The van der Waals surface area contributed by atoms with E-state index in [1.54, 1.807) is 35.4 Å². The minimum absolute atomic E-state index is 0.0911. The van der Waals surface area contributed by atoms with E-state index in [1.165, 1.54) is 24.3 Å². The summed E-state index contributed by atoms with van der Waals surface area (Å²) in [4.78, 5) is 21.7. The molecule has 31 heavy (non-hydrogen) atoms. The molecule has 162 valence electrons. The van der Waals surface area contributed by atoms with Gasteiger partial charge in [-0.25, -0.2) is 9.37 Å². The van der Waals surface area contributed by atoms with Crippen molar-refractivity contribution in [2.45, 2.75) is 33.2 Å². The summed E-state index contributed by atoms with van der Waals surface area (Å²) in [5, 5.41) is 9.53. The lowest BCUT2D eigenvalue weighted by atomic mass is 10.1. The molecule has 0 aliphatic heterocycles. The molecule has 1 amide bonds. The summed E-state index contributed by atoms with van der Waals surface area (Å²) >= 11 is 0. The summed E-state index contributed by atoms with van der Waals surface area (Å²) in [5.74, 6) is 0.409. The predicted octanol–water partition coefficient (Wildman–Crippen LogP) is 5.40. The second-order valence-electron chi connectivity index (χ2n) is 7.43. The molecule has 0 bridgehead atoms. The summed E-state index contributed by atoms with van der Waals surface area (Å²) in [6.07, 6.45) is 3.88. The number of hydrogen-bond acceptors (Lipinski definition) is 4. The van der Waals surface area contributed by atoms with Gasteiger partial charge in [-0.05, 0) is 73.0 Å². The van der Waals surface area contributed by atoms with Crippen LogP contribution in [-0.2, 0) is 6.54 Å². The summed E-state index contributed by atoms with van der Waals surface area (Å²) in [7, 11) is 0. The Morgan fingerprint density at radius 3 is 2.13 bits per heavy atom. The Morgan fingerprint density at radius 1 is 0.935 bits per heavy atom. The third-order valence-corrected chi connectivity index (χ3v) is 4.96. The van der Waals surface area contributed by atoms with Gasteiger partial charge in [-0.3, -0.25) is 4.79 Å². The number of rotatable bonds is 9. The van der Waals surface area contributed by atoms with Gasteiger partial charge in [0, 0.05) is 30.5 Å². The Balaban J connectivity index is 1.87. The number of carbonyl (C=O) groups excluding carboxylic acids is 1. The van der Waals surface area contributed by atoms with Crippen LogP contribution in [0, 0.1) is 5.82 Å². The van der Waals surface area contributed by atoms with Crippen molar-refractivity contribution in [3.05, 3.63) is 83.8 Å². The number of halogens is 1. The van der Waals surface area contributed by atoms with E-state index >= 15 is 0 Å². The van der Waals surface area contributed by atoms with Gasteiger partial charge in [0.25, 0.3) is 5.91 Å². The number of pyridine rings is 1. The molecule has 0 radical (unpaired) electrons. The quantitative estimate of drug-likeness (QED) is 0.503. The number of aromatic hydroxyl groups is 1. The second-order valence-corrected chi connectivity index (χ2v) is 7.43. The Bertz CT molecular complexity index is 967. The van der Waals surface area contributed by atoms with E-state index in [0.29, 0.717) is 17.8 Å². The van der Waals surface area contributed by atoms with Crippen LogP contribution in [0.1, 0.15) is 42.6 Å². The van der Waals surface area contributed by atoms with Crippen molar-refractivity contribution in [3.63, 3.8) is 0 Å². The van der Waals surface area contributed by atoms with Gasteiger partial charge in [0.1, 0.15) is 17.4 Å². The number of carbonyl (C=O) groups is 1. The zero-order valence-corrected chi connectivity index (χ0v) is 18.0. The maximum absolute atomic E-state index is 13.4. The van der Waals surface area contributed by atoms with Gasteiger partial charge in [-0.2, -0.15) is 0 Å². The zero-order chi connectivity index (χ0) is 22.2. The molecule has 1 heterocycles. The van der Waals surface area contributed by atoms with Crippen LogP contribution < -0.4 is 9.80 Å². The SMILES string of the molecule is CCCN(CCC)c1ccc(CN(C(=O)c2ccc(O)cc2)c2ccc(F)cc2)cn1. The number of phenols is 1. The normalized spacial score (nSPS) is 10.7. The molecule has 3 aromatic rings. The molecule has 1 aromatic heterocycles. The van der Waals surface area contributed by atoms with E-state index in [1.807, 2.05) is 12.1 Å². The highest BCUT2D eigenvalue weighted by atomic mass is 19.1. The molecule has 6 heteroatoms. The largest absolute Gasteiger partial charge is 0.508 e. The molecule has 0 aliphatic carbocycles. The van der Waals surface area contributed by atoms with Crippen molar-refractivity contribution in [1.82, 2.24) is 4.98 Å². The number of phenolic OH excluding ortho intramolecular Hbond substituents is 1. The fraction of sp³-hybridized carbons (Fsp3) is 0.280. The molecular formula is C25H28FN3O2. The zero-order valence-electron chi connectivity index (χ0n) is 18.0. The van der Waals surface area contributed by atoms with Crippen LogP contribution in [-0.4, -0.2) is 29.1 Å². The molecule has 3 rings (SSSR count). The number of hydrogen-bond donors (Lipinski definition) is 1. The molecule has 0 aliphatic rings. The van der Waals surface area contributed by atoms with Crippen molar-refractivity contribution in [1.29, 1.82) is 0 Å². The van der Waals surface area contributed by atoms with E-state index in [4.69, 9.17) is 0 Å². The maximum Gasteiger partial charge on any atom is 0.258 e. The molecular weight excluding hydrogens is 393 g/mol. The molecule has 0 spiro atoms. The lowest BCUT2D eigenvalue weighted by Crippen LogP contribution is -2.30. The van der Waals surface area contributed by atoms with Crippen molar-refractivity contribution in [2.75, 3.05) is 22.9 Å². The maximum atomic E-state index is 13.4. The summed E-state index contributed by atoms with van der Waals surface area (Å²) < 4.78 is 13.4. The molecule has 1 N–H and O–H groups in total. The number of nitrogens with zero attached hydrogens (tertiary/aromatic N) is 3. The topological polar surface area (TPSA) is 56.7 Å². The number of benzene rings is 2. The van der Waals surface area contributed by atoms with Crippen LogP contribution in [0.3, 0.4) is 0 Å². The lowest BCUT2D eigenvalue weighted by molar-refractivity contribution is 0.0985. The van der Waals surface area contributed by atoms with Crippen molar-refractivity contribution in [2.24, 2.45) is 0 Å². The minimum atomic E-state index is -0.362. The first kappa shape index (κ1) is 22.3. The van der Waals surface area contributed by atoms with Gasteiger partial charge in [0.2, 0.25) is 0 Å². The van der Waals surface area contributed by atoms with E-state index in [9.17, 15) is 14.3 Å². The summed E-state index contributed by atoms with van der Waals surface area (Å²) in [6, 6.07) is 15.9. The van der Waals surface area contributed by atoms with Gasteiger partial charge >= 0.3 is 0 Å². The van der Waals surface area contributed by atoms with Gasteiger partial charge < -0.3 is 14.9 Å². The standard InChI is InChI=1S/C25H28FN3O2/c1-3-15-28(16-4-2)24-14-5-19(17-27-24)18-29(22-10-8-21(26)9-11-22)25(31)20-6-12-23(30)13-7-20/h5-14,17,30H,3-4,15-16,18H2,1-2H3. The van der Waals surface area contributed by atoms with E-state index < -0.39 is 0 Å². The van der Waals surface area contributed by atoms with E-state index in [2.05, 4.69) is 23.7 Å². The summed E-state index contributed by atoms with van der Waals surface area (Å²) in [6.45, 7) is 6.47. The van der Waals surface area contributed by atoms with Crippen molar-refractivity contribution < 1.29 is 14.3 Å². The minimum Gasteiger partial charge on any atom is -0.508 e. The van der Waals surface area contributed by atoms with Crippen LogP contribution in [0.4, 0.5) is 15.9 Å². The van der Waals surface area contributed by atoms with Crippen LogP contribution >= 0.6 is 0 Å². The third kappa shape index (κ3) is 5.81. The van der Waals surface area contributed by atoms with E-state index in [-0.39, 0.29) is 17.5 Å². The van der Waals surface area contributed by atoms with Crippen molar-refractivity contribution in [3.8, 4) is 5.75 Å². The van der Waals surface area contributed by atoms with E-state index in [0.717, 1.165) is 37.3 Å². The summed E-state index contributed by atoms with van der Waals surface area (Å²) in [5.41, 5.74) is 1.89. The molecule has 0 atom stereocenters. The fourth-order valence-electron chi connectivity index (χ4n) is 3.42. The van der Waals surface area contributed by atoms with Crippen LogP contribution in [0.15, 0.2) is 66.9 Å². The average molecular weight is 422 g/mol. The van der Waals surface area contributed by atoms with Gasteiger partial charge in [0.05, 0.1) is 6.54 Å². The molecule has 0 fully saturated rings. The van der Waals surface area contributed by atoms with Gasteiger partial charge in [-0.1, -0.05) is 19.9 Å². The molecule has 0 saturated carbocycles. The first-order chi connectivity index (χ1) is 15.0. The lowest BCUT2D eigenvalue weighted by Gasteiger charge is -2.25. The first-order valence-corrected chi connectivity index (χ1v) is 10.6. The highest BCUT2D eigenvalue weighted by Gasteiger charge is 2.19. The number of aromatic nitrogens is 1. The Kier molecular flexibility index (Phi) is 7.60.